The van der Waals surface area contributed by atoms with Crippen molar-refractivity contribution in [2.75, 3.05) is 6.54 Å². The Morgan fingerprint density at radius 2 is 2.17 bits per heavy atom. The fourth-order valence-corrected chi connectivity index (χ4v) is 1.47. The van der Waals surface area contributed by atoms with Gasteiger partial charge in [0.2, 0.25) is 0 Å². The molecule has 0 aliphatic heterocycles. The van der Waals surface area contributed by atoms with E-state index >= 15 is 0 Å². The van der Waals surface area contributed by atoms with E-state index in [4.69, 9.17) is 0 Å². The van der Waals surface area contributed by atoms with Gasteiger partial charge in [-0.1, -0.05) is 18.9 Å². The van der Waals surface area contributed by atoms with Crippen LogP contribution >= 0.6 is 0 Å². The second kappa shape index (κ2) is 4.80. The predicted molar refractivity (Wildman–Crippen MR) is 49.0 cm³/mol. The quantitative estimate of drug-likeness (QED) is 0.615. The van der Waals surface area contributed by atoms with E-state index in [0.29, 0.717) is 12.6 Å². The zero-order valence-electron chi connectivity index (χ0n) is 7.31. The summed E-state index contributed by atoms with van der Waals surface area (Å²) in [7, 11) is 0. The lowest BCUT2D eigenvalue weighted by Crippen LogP contribution is -2.40. The monoisotopic (exact) mass is 168 g/mol. The molecule has 0 radical (unpaired) electrons. The predicted octanol–water partition coefficient (Wildman–Crippen LogP) is 1.41. The van der Waals surface area contributed by atoms with Crippen LogP contribution in [0, 0.1) is 0 Å². The van der Waals surface area contributed by atoms with Gasteiger partial charge in [0.1, 0.15) is 0 Å². The molecular weight excluding hydrogens is 152 g/mol. The number of carbonyl (C=O) groups is 1. The average molecular weight is 168 g/mol. The Morgan fingerprint density at radius 3 is 2.75 bits per heavy atom. The van der Waals surface area contributed by atoms with Gasteiger partial charge in [0.25, 0.3) is 0 Å². The highest BCUT2D eigenvalue weighted by atomic mass is 16.2. The molecular formula is C9H16N2O. The van der Waals surface area contributed by atoms with Gasteiger partial charge < -0.3 is 10.6 Å². The molecule has 0 unspecified atom stereocenters. The van der Waals surface area contributed by atoms with Crippen molar-refractivity contribution < 1.29 is 4.79 Å². The summed E-state index contributed by atoms with van der Waals surface area (Å²) in [5.41, 5.74) is 0. The summed E-state index contributed by atoms with van der Waals surface area (Å²) in [5, 5.41) is 5.61. The van der Waals surface area contributed by atoms with Crippen LogP contribution in [0.4, 0.5) is 4.79 Å². The minimum absolute atomic E-state index is 0.0678. The van der Waals surface area contributed by atoms with Gasteiger partial charge >= 0.3 is 6.03 Å². The van der Waals surface area contributed by atoms with Crippen LogP contribution in [0.3, 0.4) is 0 Å². The molecule has 1 aliphatic carbocycles. The Hall–Kier alpha value is -0.990. The third kappa shape index (κ3) is 2.95. The lowest BCUT2D eigenvalue weighted by molar-refractivity contribution is 0.238. The van der Waals surface area contributed by atoms with Crippen LogP contribution in [0.25, 0.3) is 0 Å². The van der Waals surface area contributed by atoms with E-state index < -0.39 is 0 Å². The molecule has 0 bridgehead atoms. The van der Waals surface area contributed by atoms with Crippen LogP contribution in [0.1, 0.15) is 25.7 Å². The molecule has 0 spiro atoms. The summed E-state index contributed by atoms with van der Waals surface area (Å²) in [4.78, 5) is 11.1. The first kappa shape index (κ1) is 9.10. The van der Waals surface area contributed by atoms with Gasteiger partial charge in [-0.3, -0.25) is 0 Å². The van der Waals surface area contributed by atoms with Crippen molar-refractivity contribution in [3.63, 3.8) is 0 Å². The number of hydrogen-bond acceptors (Lipinski definition) is 1. The van der Waals surface area contributed by atoms with Crippen molar-refractivity contribution in [2.45, 2.75) is 31.7 Å². The second-order valence-corrected chi connectivity index (χ2v) is 3.12. The molecule has 12 heavy (non-hydrogen) atoms. The Morgan fingerprint density at radius 1 is 1.50 bits per heavy atom. The first-order chi connectivity index (χ1) is 5.83. The first-order valence-electron chi connectivity index (χ1n) is 4.48. The van der Waals surface area contributed by atoms with Gasteiger partial charge in [-0.05, 0) is 12.8 Å². The molecule has 0 saturated heterocycles. The highest BCUT2D eigenvalue weighted by Gasteiger charge is 2.16. The molecule has 68 valence electrons. The number of carbonyl (C=O) groups excluding carboxylic acids is 1. The molecule has 0 aromatic heterocycles. The maximum atomic E-state index is 11.1. The fourth-order valence-electron chi connectivity index (χ4n) is 1.47. The first-order valence-corrected chi connectivity index (χ1v) is 4.48. The number of nitrogens with one attached hydrogen (secondary N) is 2. The summed E-state index contributed by atoms with van der Waals surface area (Å²) < 4.78 is 0. The fraction of sp³-hybridized carbons (Fsp3) is 0.667. The number of amides is 2. The van der Waals surface area contributed by atoms with E-state index in [1.807, 2.05) is 0 Å². The van der Waals surface area contributed by atoms with E-state index in [0.717, 1.165) is 12.8 Å². The van der Waals surface area contributed by atoms with E-state index in [1.54, 1.807) is 6.08 Å². The van der Waals surface area contributed by atoms with E-state index in [-0.39, 0.29) is 6.03 Å². The smallest absolute Gasteiger partial charge is 0.315 e. The number of rotatable bonds is 3. The van der Waals surface area contributed by atoms with E-state index in [9.17, 15) is 4.79 Å². The second-order valence-electron chi connectivity index (χ2n) is 3.12. The summed E-state index contributed by atoms with van der Waals surface area (Å²) in [6.07, 6.45) is 6.41. The van der Waals surface area contributed by atoms with Crippen LogP contribution in [0.2, 0.25) is 0 Å². The molecule has 1 aliphatic rings. The van der Waals surface area contributed by atoms with Gasteiger partial charge in [0.15, 0.2) is 0 Å². The Balaban J connectivity index is 2.11. The van der Waals surface area contributed by atoms with Crippen molar-refractivity contribution in [1.82, 2.24) is 10.6 Å². The van der Waals surface area contributed by atoms with Gasteiger partial charge in [-0.25, -0.2) is 4.79 Å². The summed E-state index contributed by atoms with van der Waals surface area (Å²) in [5.74, 6) is 0. The maximum absolute atomic E-state index is 11.1. The third-order valence-electron chi connectivity index (χ3n) is 2.10. The average Bonchev–Trinajstić information content (AvgIpc) is 2.53. The zero-order valence-corrected chi connectivity index (χ0v) is 7.31. The molecule has 1 saturated carbocycles. The van der Waals surface area contributed by atoms with Crippen LogP contribution in [-0.4, -0.2) is 18.6 Å². The molecule has 2 amide bonds. The van der Waals surface area contributed by atoms with Gasteiger partial charge in [0.05, 0.1) is 0 Å². The molecule has 2 N–H and O–H groups in total. The van der Waals surface area contributed by atoms with Crippen LogP contribution in [0.5, 0.6) is 0 Å². The SMILES string of the molecule is C=CCNC(=O)NC1CCCC1. The highest BCUT2D eigenvalue weighted by Crippen LogP contribution is 2.17. The van der Waals surface area contributed by atoms with Crippen molar-refractivity contribution in [2.24, 2.45) is 0 Å². The van der Waals surface area contributed by atoms with Crippen LogP contribution < -0.4 is 10.6 Å². The summed E-state index contributed by atoms with van der Waals surface area (Å²) in [6.45, 7) is 4.06. The van der Waals surface area contributed by atoms with E-state index in [1.165, 1.54) is 12.8 Å². The molecule has 3 heteroatoms. The molecule has 1 rings (SSSR count). The standard InChI is InChI=1S/C9H16N2O/c1-2-7-10-9(12)11-8-5-3-4-6-8/h2,8H,1,3-7H2,(H2,10,11,12). The number of urea groups is 1. The van der Waals surface area contributed by atoms with Gasteiger partial charge in [-0.2, -0.15) is 0 Å². The Labute approximate surface area is 73.2 Å². The van der Waals surface area contributed by atoms with E-state index in [2.05, 4.69) is 17.2 Å². The Bertz CT molecular complexity index is 162. The van der Waals surface area contributed by atoms with Crippen molar-refractivity contribution in [3.05, 3.63) is 12.7 Å². The summed E-state index contributed by atoms with van der Waals surface area (Å²) in [6, 6.07) is 0.330. The van der Waals surface area contributed by atoms with Crippen LogP contribution in [-0.2, 0) is 0 Å². The topological polar surface area (TPSA) is 41.1 Å². The van der Waals surface area contributed by atoms with Gasteiger partial charge in [-0.15, -0.1) is 6.58 Å². The molecule has 1 fully saturated rings. The maximum Gasteiger partial charge on any atom is 0.315 e. The lowest BCUT2D eigenvalue weighted by Gasteiger charge is -2.11. The highest BCUT2D eigenvalue weighted by molar-refractivity contribution is 5.74. The van der Waals surface area contributed by atoms with Crippen molar-refractivity contribution in [1.29, 1.82) is 0 Å². The van der Waals surface area contributed by atoms with Crippen LogP contribution in [0.15, 0.2) is 12.7 Å². The van der Waals surface area contributed by atoms with Gasteiger partial charge in [0, 0.05) is 12.6 Å². The lowest BCUT2D eigenvalue weighted by atomic mass is 10.2. The molecule has 0 heterocycles. The van der Waals surface area contributed by atoms with Crippen molar-refractivity contribution in [3.8, 4) is 0 Å². The minimum Gasteiger partial charge on any atom is -0.335 e. The van der Waals surface area contributed by atoms with Crippen molar-refractivity contribution >= 4 is 6.03 Å². The molecule has 0 aromatic carbocycles. The number of hydrogen-bond donors (Lipinski definition) is 2. The third-order valence-corrected chi connectivity index (χ3v) is 2.10. The summed E-state index contributed by atoms with van der Waals surface area (Å²) >= 11 is 0. The molecule has 3 nitrogen and oxygen atoms in total. The zero-order chi connectivity index (χ0) is 8.81. The normalized spacial score (nSPS) is 17.3. The largest absolute Gasteiger partial charge is 0.335 e. The molecule has 0 aromatic rings. The Kier molecular flexibility index (Phi) is 3.64. The molecule has 0 atom stereocenters. The minimum atomic E-state index is -0.0678.